The second kappa shape index (κ2) is 8.99. The SMILES string of the molecule is C=CCn1c(C2CC2)nn(CN2CCN(C/C=C/c3ccccc3)CC2)c1=S. The number of aromatic nitrogens is 3. The topological polar surface area (TPSA) is 29.2 Å². The lowest BCUT2D eigenvalue weighted by molar-refractivity contribution is 0.110. The van der Waals surface area contributed by atoms with Gasteiger partial charge in [0.05, 0.1) is 6.67 Å². The van der Waals surface area contributed by atoms with Crippen LogP contribution in [0.1, 0.15) is 30.1 Å². The Labute approximate surface area is 172 Å². The number of allylic oxidation sites excluding steroid dienone is 1. The van der Waals surface area contributed by atoms with Crippen molar-refractivity contribution < 1.29 is 0 Å². The van der Waals surface area contributed by atoms with Crippen molar-refractivity contribution >= 4 is 18.3 Å². The van der Waals surface area contributed by atoms with Crippen molar-refractivity contribution in [3.8, 4) is 0 Å². The average molecular weight is 396 g/mol. The highest BCUT2D eigenvalue weighted by molar-refractivity contribution is 7.71. The lowest BCUT2D eigenvalue weighted by Gasteiger charge is -2.33. The lowest BCUT2D eigenvalue weighted by atomic mass is 10.2. The molecule has 28 heavy (non-hydrogen) atoms. The molecule has 1 aliphatic heterocycles. The minimum atomic E-state index is 0.594. The summed E-state index contributed by atoms with van der Waals surface area (Å²) in [5, 5.41) is 4.85. The zero-order chi connectivity index (χ0) is 19.3. The van der Waals surface area contributed by atoms with E-state index >= 15 is 0 Å². The van der Waals surface area contributed by atoms with E-state index in [1.807, 2.05) is 10.8 Å². The number of hydrogen-bond acceptors (Lipinski definition) is 4. The van der Waals surface area contributed by atoms with E-state index in [0.717, 1.165) is 56.5 Å². The van der Waals surface area contributed by atoms with E-state index in [2.05, 4.69) is 63.4 Å². The average Bonchev–Trinajstić information content (AvgIpc) is 3.52. The molecule has 2 aromatic rings. The maximum Gasteiger partial charge on any atom is 0.199 e. The molecule has 0 bridgehead atoms. The van der Waals surface area contributed by atoms with Crippen LogP contribution in [0.25, 0.3) is 6.08 Å². The third-order valence-electron chi connectivity index (χ3n) is 5.48. The molecule has 2 fully saturated rings. The van der Waals surface area contributed by atoms with Crippen LogP contribution in [0, 0.1) is 4.77 Å². The summed E-state index contributed by atoms with van der Waals surface area (Å²) in [4.78, 5) is 4.95. The smallest absolute Gasteiger partial charge is 0.199 e. The monoisotopic (exact) mass is 395 g/mol. The van der Waals surface area contributed by atoms with Gasteiger partial charge < -0.3 is 0 Å². The highest BCUT2D eigenvalue weighted by Gasteiger charge is 2.30. The van der Waals surface area contributed by atoms with Gasteiger partial charge in [0, 0.05) is 45.2 Å². The molecular weight excluding hydrogens is 366 g/mol. The molecule has 0 N–H and O–H groups in total. The number of piperazine rings is 1. The summed E-state index contributed by atoms with van der Waals surface area (Å²) in [5.74, 6) is 1.74. The molecule has 0 spiro atoms. The molecule has 2 aliphatic rings. The maximum atomic E-state index is 5.69. The van der Waals surface area contributed by atoms with E-state index in [4.69, 9.17) is 17.3 Å². The van der Waals surface area contributed by atoms with Gasteiger partial charge in [-0.3, -0.25) is 14.4 Å². The van der Waals surface area contributed by atoms with Gasteiger partial charge in [0.25, 0.3) is 0 Å². The van der Waals surface area contributed by atoms with Crippen molar-refractivity contribution in [2.45, 2.75) is 32.0 Å². The van der Waals surface area contributed by atoms with Gasteiger partial charge in [-0.2, -0.15) is 5.10 Å². The summed E-state index contributed by atoms with van der Waals surface area (Å²) in [6, 6.07) is 10.5. The van der Waals surface area contributed by atoms with Crippen molar-refractivity contribution in [3.63, 3.8) is 0 Å². The zero-order valence-corrected chi connectivity index (χ0v) is 17.2. The van der Waals surface area contributed by atoms with Crippen molar-refractivity contribution in [1.29, 1.82) is 0 Å². The first-order valence-corrected chi connectivity index (χ1v) is 10.6. The largest absolute Gasteiger partial charge is 0.300 e. The Kier molecular flexibility index (Phi) is 6.20. The quantitative estimate of drug-likeness (QED) is 0.503. The van der Waals surface area contributed by atoms with Gasteiger partial charge in [0.2, 0.25) is 0 Å². The van der Waals surface area contributed by atoms with Crippen LogP contribution in [0.15, 0.2) is 49.1 Å². The Bertz CT molecular complexity index is 870. The van der Waals surface area contributed by atoms with Gasteiger partial charge in [0.1, 0.15) is 5.82 Å². The van der Waals surface area contributed by atoms with E-state index in [-0.39, 0.29) is 0 Å². The first kappa shape index (κ1) is 19.3. The summed E-state index contributed by atoms with van der Waals surface area (Å²) in [5.41, 5.74) is 1.26. The van der Waals surface area contributed by atoms with E-state index in [0.29, 0.717) is 5.92 Å². The van der Waals surface area contributed by atoms with Crippen LogP contribution in [-0.2, 0) is 13.2 Å². The Morgan fingerprint density at radius 2 is 1.75 bits per heavy atom. The van der Waals surface area contributed by atoms with Crippen molar-refractivity contribution in [2.24, 2.45) is 0 Å². The summed E-state index contributed by atoms with van der Waals surface area (Å²) in [7, 11) is 0. The number of hydrogen-bond donors (Lipinski definition) is 0. The molecule has 0 unspecified atom stereocenters. The molecule has 4 rings (SSSR count). The van der Waals surface area contributed by atoms with E-state index in [1.165, 1.54) is 18.4 Å². The highest BCUT2D eigenvalue weighted by Crippen LogP contribution is 2.39. The molecule has 2 heterocycles. The van der Waals surface area contributed by atoms with Gasteiger partial charge in [-0.1, -0.05) is 48.6 Å². The summed E-state index contributed by atoms with van der Waals surface area (Å²) in [6.07, 6.45) is 8.85. The Balaban J connectivity index is 1.30. The number of nitrogens with zero attached hydrogens (tertiary/aromatic N) is 5. The van der Waals surface area contributed by atoms with Crippen LogP contribution >= 0.6 is 12.2 Å². The molecule has 6 heteroatoms. The van der Waals surface area contributed by atoms with E-state index < -0.39 is 0 Å². The van der Waals surface area contributed by atoms with Crippen LogP contribution in [-0.4, -0.2) is 56.9 Å². The molecule has 1 aliphatic carbocycles. The van der Waals surface area contributed by atoms with Gasteiger partial charge in [-0.15, -0.1) is 6.58 Å². The molecule has 0 amide bonds. The second-order valence-electron chi connectivity index (χ2n) is 7.69. The fourth-order valence-electron chi connectivity index (χ4n) is 3.70. The zero-order valence-electron chi connectivity index (χ0n) is 16.4. The van der Waals surface area contributed by atoms with Crippen molar-refractivity contribution in [2.75, 3.05) is 32.7 Å². The van der Waals surface area contributed by atoms with Crippen LogP contribution < -0.4 is 0 Å². The summed E-state index contributed by atoms with van der Waals surface area (Å²) in [6.45, 7) is 10.7. The van der Waals surface area contributed by atoms with E-state index in [1.54, 1.807) is 0 Å². The van der Waals surface area contributed by atoms with Crippen LogP contribution in [0.2, 0.25) is 0 Å². The van der Waals surface area contributed by atoms with Crippen LogP contribution in [0.4, 0.5) is 0 Å². The van der Waals surface area contributed by atoms with Gasteiger partial charge in [-0.05, 0) is 30.6 Å². The number of rotatable bonds is 8. The Morgan fingerprint density at radius 1 is 1.04 bits per heavy atom. The minimum Gasteiger partial charge on any atom is -0.300 e. The minimum absolute atomic E-state index is 0.594. The molecule has 1 aromatic carbocycles. The molecule has 0 atom stereocenters. The maximum absolute atomic E-state index is 5.69. The summed E-state index contributed by atoms with van der Waals surface area (Å²) >= 11 is 5.69. The Morgan fingerprint density at radius 3 is 2.43 bits per heavy atom. The molecule has 1 aromatic heterocycles. The molecule has 5 nitrogen and oxygen atoms in total. The van der Waals surface area contributed by atoms with E-state index in [9.17, 15) is 0 Å². The van der Waals surface area contributed by atoms with Crippen molar-refractivity contribution in [1.82, 2.24) is 24.1 Å². The first-order chi connectivity index (χ1) is 13.7. The molecule has 0 radical (unpaired) electrons. The van der Waals surface area contributed by atoms with Crippen LogP contribution in [0.5, 0.6) is 0 Å². The predicted octanol–water partition coefficient (Wildman–Crippen LogP) is 3.77. The second-order valence-corrected chi connectivity index (χ2v) is 8.05. The highest BCUT2D eigenvalue weighted by atomic mass is 32.1. The predicted molar refractivity (Wildman–Crippen MR) is 117 cm³/mol. The third kappa shape index (κ3) is 4.69. The fourth-order valence-corrected chi connectivity index (χ4v) is 3.97. The standard InChI is InChI=1S/C22H29N5S/c1-2-12-26-21(20-10-11-20)23-27(22(26)28)18-25-16-14-24(15-17-25)13-6-9-19-7-4-3-5-8-19/h2-9,20H,1,10-18H2/b9-6+. The van der Waals surface area contributed by atoms with Gasteiger partial charge >= 0.3 is 0 Å². The van der Waals surface area contributed by atoms with Crippen LogP contribution in [0.3, 0.4) is 0 Å². The first-order valence-electron chi connectivity index (χ1n) is 10.2. The third-order valence-corrected chi connectivity index (χ3v) is 5.91. The number of benzene rings is 1. The molecule has 1 saturated heterocycles. The summed E-state index contributed by atoms with van der Waals surface area (Å²) < 4.78 is 5.00. The molecule has 148 valence electrons. The normalized spacial score (nSPS) is 18.7. The molecular formula is C22H29N5S. The Hall–Kier alpha value is -2.02. The van der Waals surface area contributed by atoms with Gasteiger partial charge in [0.15, 0.2) is 4.77 Å². The van der Waals surface area contributed by atoms with Gasteiger partial charge in [-0.25, -0.2) is 4.68 Å². The molecule has 1 saturated carbocycles. The fraction of sp³-hybridized carbons (Fsp3) is 0.455. The lowest BCUT2D eigenvalue weighted by Crippen LogP contribution is -2.46. The van der Waals surface area contributed by atoms with Crippen molar-refractivity contribution in [3.05, 3.63) is 65.2 Å².